The van der Waals surface area contributed by atoms with Gasteiger partial charge in [0.15, 0.2) is 5.78 Å². The van der Waals surface area contributed by atoms with Crippen molar-refractivity contribution in [2.75, 3.05) is 20.3 Å². The van der Waals surface area contributed by atoms with Crippen LogP contribution < -0.4 is 0 Å². The van der Waals surface area contributed by atoms with Crippen LogP contribution in [-0.4, -0.2) is 43.0 Å². The average Bonchev–Trinajstić information content (AvgIpc) is 2.53. The molecule has 3 nitrogen and oxygen atoms in total. The third kappa shape index (κ3) is 2.34. The molecule has 4 rings (SSSR count). The number of Topliss-reactive ketones (excluding diaryl/α,β-unsaturated/α-hetero) is 1. The fourth-order valence-corrected chi connectivity index (χ4v) is 3.89. The number of carbonyl (C=O) groups is 1. The van der Waals surface area contributed by atoms with Crippen LogP contribution in [-0.2, 0) is 4.74 Å². The molecule has 3 heteroatoms. The second kappa shape index (κ2) is 5.49. The van der Waals surface area contributed by atoms with Crippen LogP contribution in [0.15, 0.2) is 42.5 Å². The van der Waals surface area contributed by atoms with Crippen LogP contribution in [0, 0.1) is 5.92 Å². The molecule has 2 aliphatic heterocycles. The molecule has 22 heavy (non-hydrogen) atoms. The summed E-state index contributed by atoms with van der Waals surface area (Å²) >= 11 is 0. The fraction of sp³-hybridized carbons (Fsp3) is 0.421. The predicted octanol–water partition coefficient (Wildman–Crippen LogP) is 3.13. The van der Waals surface area contributed by atoms with Crippen molar-refractivity contribution in [1.82, 2.24) is 4.90 Å². The number of likely N-dealkylation sites (N-methyl/N-ethyl adjacent to an activating group) is 1. The van der Waals surface area contributed by atoms with Gasteiger partial charge in [0.25, 0.3) is 0 Å². The predicted molar refractivity (Wildman–Crippen MR) is 87.2 cm³/mol. The van der Waals surface area contributed by atoms with E-state index in [1.165, 1.54) is 5.39 Å². The SMILES string of the molecule is CN1C2COCC1CC(C(=O)c1ccc3ccccc3c1)C2. The number of fused-ring (bicyclic) bond motifs is 3. The zero-order chi connectivity index (χ0) is 15.1. The summed E-state index contributed by atoms with van der Waals surface area (Å²) in [6.45, 7) is 1.52. The Hall–Kier alpha value is -1.71. The first-order valence-corrected chi connectivity index (χ1v) is 8.05. The lowest BCUT2D eigenvalue weighted by molar-refractivity contribution is -0.0702. The Morgan fingerprint density at radius 3 is 2.45 bits per heavy atom. The highest BCUT2D eigenvalue weighted by molar-refractivity contribution is 6.01. The number of rotatable bonds is 2. The summed E-state index contributed by atoms with van der Waals surface area (Å²) in [7, 11) is 2.16. The maximum absolute atomic E-state index is 12.9. The first-order valence-electron chi connectivity index (χ1n) is 8.05. The van der Waals surface area contributed by atoms with Crippen molar-refractivity contribution in [2.45, 2.75) is 24.9 Å². The van der Waals surface area contributed by atoms with Gasteiger partial charge in [0, 0.05) is 23.6 Å². The molecule has 0 spiro atoms. The second-order valence-electron chi connectivity index (χ2n) is 6.61. The summed E-state index contributed by atoms with van der Waals surface area (Å²) in [5, 5.41) is 2.33. The van der Waals surface area contributed by atoms with Crippen molar-refractivity contribution >= 4 is 16.6 Å². The molecule has 0 N–H and O–H groups in total. The van der Waals surface area contributed by atoms with E-state index in [1.54, 1.807) is 0 Å². The third-order valence-corrected chi connectivity index (χ3v) is 5.29. The summed E-state index contributed by atoms with van der Waals surface area (Å²) in [6.07, 6.45) is 1.83. The van der Waals surface area contributed by atoms with Crippen molar-refractivity contribution in [3.8, 4) is 0 Å². The van der Waals surface area contributed by atoms with Crippen LogP contribution in [0.3, 0.4) is 0 Å². The zero-order valence-corrected chi connectivity index (χ0v) is 12.9. The standard InChI is InChI=1S/C19H21NO2/c1-20-17-9-16(10-18(20)12-22-11-17)19(21)15-7-6-13-4-2-3-5-14(13)8-15/h2-8,16-18H,9-12H2,1H3. The molecule has 0 amide bonds. The van der Waals surface area contributed by atoms with Crippen LogP contribution in [0.5, 0.6) is 0 Å². The summed E-state index contributed by atoms with van der Waals surface area (Å²) in [4.78, 5) is 15.3. The van der Waals surface area contributed by atoms with Gasteiger partial charge in [-0.25, -0.2) is 0 Å². The zero-order valence-electron chi connectivity index (χ0n) is 12.9. The molecule has 0 aliphatic carbocycles. The minimum atomic E-state index is 0.135. The molecule has 2 heterocycles. The third-order valence-electron chi connectivity index (χ3n) is 5.29. The summed E-state index contributed by atoms with van der Waals surface area (Å²) in [6, 6.07) is 15.1. The number of carbonyl (C=O) groups excluding carboxylic acids is 1. The number of benzene rings is 2. The number of hydrogen-bond donors (Lipinski definition) is 0. The van der Waals surface area contributed by atoms with Gasteiger partial charge in [-0.3, -0.25) is 9.69 Å². The van der Waals surface area contributed by atoms with Gasteiger partial charge in [0.1, 0.15) is 0 Å². The van der Waals surface area contributed by atoms with E-state index in [0.29, 0.717) is 17.9 Å². The van der Waals surface area contributed by atoms with Gasteiger partial charge >= 0.3 is 0 Å². The van der Waals surface area contributed by atoms with Crippen LogP contribution in [0.4, 0.5) is 0 Å². The van der Waals surface area contributed by atoms with Gasteiger partial charge in [-0.05, 0) is 36.7 Å². The molecule has 0 aromatic heterocycles. The minimum absolute atomic E-state index is 0.135. The van der Waals surface area contributed by atoms with E-state index in [4.69, 9.17) is 4.74 Å². The van der Waals surface area contributed by atoms with Crippen molar-refractivity contribution < 1.29 is 9.53 Å². The smallest absolute Gasteiger partial charge is 0.166 e. The lowest BCUT2D eigenvalue weighted by atomic mass is 9.81. The summed E-state index contributed by atoms with van der Waals surface area (Å²) in [5.41, 5.74) is 0.854. The molecule has 2 atom stereocenters. The molecule has 114 valence electrons. The maximum atomic E-state index is 12.9. The largest absolute Gasteiger partial charge is 0.378 e. The Labute approximate surface area is 130 Å². The lowest BCUT2D eigenvalue weighted by Gasteiger charge is -2.46. The van der Waals surface area contributed by atoms with E-state index < -0.39 is 0 Å². The number of ether oxygens (including phenoxy) is 1. The highest BCUT2D eigenvalue weighted by atomic mass is 16.5. The maximum Gasteiger partial charge on any atom is 0.166 e. The Kier molecular flexibility index (Phi) is 3.47. The summed E-state index contributed by atoms with van der Waals surface area (Å²) in [5.74, 6) is 0.437. The normalized spacial score (nSPS) is 28.7. The van der Waals surface area contributed by atoms with Gasteiger partial charge < -0.3 is 4.74 Å². The van der Waals surface area contributed by atoms with Crippen molar-refractivity contribution in [3.05, 3.63) is 48.0 Å². The number of hydrogen-bond acceptors (Lipinski definition) is 3. The average molecular weight is 295 g/mol. The second-order valence-corrected chi connectivity index (χ2v) is 6.61. The molecular formula is C19H21NO2. The number of ketones is 1. The molecule has 2 aromatic rings. The molecule has 2 saturated heterocycles. The molecular weight excluding hydrogens is 274 g/mol. The van der Waals surface area contributed by atoms with E-state index in [0.717, 1.165) is 37.0 Å². The Balaban J connectivity index is 1.60. The Bertz CT molecular complexity index is 697. The first kappa shape index (κ1) is 13.9. The van der Waals surface area contributed by atoms with E-state index in [-0.39, 0.29) is 5.92 Å². The lowest BCUT2D eigenvalue weighted by Crippen LogP contribution is -2.55. The molecule has 2 bridgehead atoms. The van der Waals surface area contributed by atoms with Gasteiger partial charge in [-0.1, -0.05) is 36.4 Å². The summed E-state index contributed by atoms with van der Waals surface area (Å²) < 4.78 is 5.65. The minimum Gasteiger partial charge on any atom is -0.378 e. The number of piperidine rings is 1. The van der Waals surface area contributed by atoms with Crippen LogP contribution in [0.2, 0.25) is 0 Å². The Morgan fingerprint density at radius 1 is 1.05 bits per heavy atom. The Morgan fingerprint density at radius 2 is 1.73 bits per heavy atom. The highest BCUT2D eigenvalue weighted by Crippen LogP contribution is 2.32. The highest BCUT2D eigenvalue weighted by Gasteiger charge is 2.39. The van der Waals surface area contributed by atoms with Crippen molar-refractivity contribution in [1.29, 1.82) is 0 Å². The van der Waals surface area contributed by atoms with Crippen LogP contribution >= 0.6 is 0 Å². The number of nitrogens with zero attached hydrogens (tertiary/aromatic N) is 1. The van der Waals surface area contributed by atoms with Gasteiger partial charge in [-0.15, -0.1) is 0 Å². The van der Waals surface area contributed by atoms with Crippen molar-refractivity contribution in [3.63, 3.8) is 0 Å². The van der Waals surface area contributed by atoms with Gasteiger partial charge in [0.2, 0.25) is 0 Å². The van der Waals surface area contributed by atoms with Gasteiger partial charge in [0.05, 0.1) is 13.2 Å². The molecule has 2 unspecified atom stereocenters. The van der Waals surface area contributed by atoms with Crippen molar-refractivity contribution in [2.24, 2.45) is 5.92 Å². The number of morpholine rings is 1. The molecule has 0 radical (unpaired) electrons. The molecule has 0 saturated carbocycles. The monoisotopic (exact) mass is 295 g/mol. The van der Waals surface area contributed by atoms with E-state index >= 15 is 0 Å². The molecule has 2 aliphatic rings. The fourth-order valence-electron chi connectivity index (χ4n) is 3.89. The van der Waals surface area contributed by atoms with E-state index in [9.17, 15) is 4.79 Å². The van der Waals surface area contributed by atoms with E-state index in [1.807, 2.05) is 24.3 Å². The quantitative estimate of drug-likeness (QED) is 0.797. The first-order chi connectivity index (χ1) is 10.7. The topological polar surface area (TPSA) is 29.5 Å². The molecule has 2 aromatic carbocycles. The van der Waals surface area contributed by atoms with Crippen LogP contribution in [0.1, 0.15) is 23.2 Å². The van der Waals surface area contributed by atoms with Gasteiger partial charge in [-0.2, -0.15) is 0 Å². The van der Waals surface area contributed by atoms with E-state index in [2.05, 4.69) is 30.1 Å². The molecule has 2 fully saturated rings. The van der Waals surface area contributed by atoms with Crippen LogP contribution in [0.25, 0.3) is 10.8 Å².